The summed E-state index contributed by atoms with van der Waals surface area (Å²) >= 11 is 6.14. The molecule has 0 spiro atoms. The molecule has 0 bridgehead atoms. The summed E-state index contributed by atoms with van der Waals surface area (Å²) in [4.78, 5) is 0. The van der Waals surface area contributed by atoms with Crippen molar-refractivity contribution in [2.24, 2.45) is 0 Å². The molecule has 0 aromatic heterocycles. The van der Waals surface area contributed by atoms with Gasteiger partial charge >= 0.3 is 0 Å². The van der Waals surface area contributed by atoms with Gasteiger partial charge in [0.1, 0.15) is 0 Å². The Morgan fingerprint density at radius 2 is 1.68 bits per heavy atom. The molecule has 1 aliphatic rings. The van der Waals surface area contributed by atoms with Gasteiger partial charge in [0.05, 0.1) is 0 Å². The molecule has 2 aromatic carbocycles. The van der Waals surface area contributed by atoms with E-state index < -0.39 is 0 Å². The lowest BCUT2D eigenvalue weighted by Gasteiger charge is -2.33. The summed E-state index contributed by atoms with van der Waals surface area (Å²) in [6.45, 7) is 2.13. The fourth-order valence-electron chi connectivity index (χ4n) is 3.05. The quantitative estimate of drug-likeness (QED) is 0.863. The van der Waals surface area contributed by atoms with E-state index in [0.717, 1.165) is 18.1 Å². The molecule has 0 saturated carbocycles. The molecule has 2 unspecified atom stereocenters. The van der Waals surface area contributed by atoms with Crippen molar-refractivity contribution in [3.63, 3.8) is 0 Å². The van der Waals surface area contributed by atoms with E-state index in [0.29, 0.717) is 11.8 Å². The normalized spacial score (nSPS) is 23.2. The van der Waals surface area contributed by atoms with Crippen molar-refractivity contribution in [3.8, 4) is 0 Å². The first kappa shape index (κ1) is 12.7. The van der Waals surface area contributed by atoms with Crippen molar-refractivity contribution in [1.82, 2.24) is 5.32 Å². The van der Waals surface area contributed by atoms with Crippen LogP contribution in [-0.4, -0.2) is 13.1 Å². The Balaban J connectivity index is 1.93. The lowest BCUT2D eigenvalue weighted by molar-refractivity contribution is 0.404. The van der Waals surface area contributed by atoms with E-state index >= 15 is 0 Å². The molecule has 2 heteroatoms. The zero-order chi connectivity index (χ0) is 13.1. The summed E-state index contributed by atoms with van der Waals surface area (Å²) in [7, 11) is 0. The summed E-state index contributed by atoms with van der Waals surface area (Å²) < 4.78 is 0. The zero-order valence-electron chi connectivity index (χ0n) is 10.9. The third kappa shape index (κ3) is 2.83. The number of hydrogen-bond donors (Lipinski definition) is 1. The highest BCUT2D eigenvalue weighted by atomic mass is 35.5. The molecule has 1 saturated heterocycles. The number of nitrogens with one attached hydrogen (secondary N) is 1. The van der Waals surface area contributed by atoms with Gasteiger partial charge in [0, 0.05) is 17.5 Å². The summed E-state index contributed by atoms with van der Waals surface area (Å²) in [5.74, 6) is 1.09. The fourth-order valence-corrected chi connectivity index (χ4v) is 3.24. The van der Waals surface area contributed by atoms with E-state index in [4.69, 9.17) is 11.6 Å². The van der Waals surface area contributed by atoms with Crippen molar-refractivity contribution >= 4 is 11.6 Å². The van der Waals surface area contributed by atoms with Gasteiger partial charge in [-0.25, -0.2) is 0 Å². The number of halogens is 1. The first-order valence-electron chi connectivity index (χ1n) is 6.86. The van der Waals surface area contributed by atoms with Gasteiger partial charge in [-0.3, -0.25) is 0 Å². The first-order chi connectivity index (χ1) is 9.34. The van der Waals surface area contributed by atoms with Crippen LogP contribution in [-0.2, 0) is 0 Å². The van der Waals surface area contributed by atoms with Gasteiger partial charge in [0.2, 0.25) is 0 Å². The van der Waals surface area contributed by atoms with Crippen LogP contribution in [0.25, 0.3) is 0 Å². The Morgan fingerprint density at radius 1 is 0.895 bits per heavy atom. The summed E-state index contributed by atoms with van der Waals surface area (Å²) in [5, 5.41) is 4.35. The highest BCUT2D eigenvalue weighted by molar-refractivity contribution is 6.30. The molecule has 1 aliphatic heterocycles. The average molecular weight is 272 g/mol. The number of rotatable bonds is 2. The molecule has 1 fully saturated rings. The predicted molar refractivity (Wildman–Crippen MR) is 80.9 cm³/mol. The number of benzene rings is 2. The van der Waals surface area contributed by atoms with Crippen LogP contribution >= 0.6 is 11.6 Å². The Labute approximate surface area is 119 Å². The SMILES string of the molecule is Clc1cccc(C2CCNCC2c2ccccc2)c1. The molecule has 0 amide bonds. The van der Waals surface area contributed by atoms with Gasteiger partial charge in [-0.15, -0.1) is 0 Å². The highest BCUT2D eigenvalue weighted by Gasteiger charge is 2.27. The third-order valence-electron chi connectivity index (χ3n) is 3.99. The molecule has 98 valence electrons. The van der Waals surface area contributed by atoms with Crippen LogP contribution in [0, 0.1) is 0 Å². The monoisotopic (exact) mass is 271 g/mol. The molecule has 2 atom stereocenters. The lowest BCUT2D eigenvalue weighted by atomic mass is 9.77. The predicted octanol–water partition coefficient (Wildman–Crippen LogP) is 4.20. The number of hydrogen-bond acceptors (Lipinski definition) is 1. The van der Waals surface area contributed by atoms with Crippen LogP contribution in [0.15, 0.2) is 54.6 Å². The molecule has 19 heavy (non-hydrogen) atoms. The molecule has 0 aliphatic carbocycles. The van der Waals surface area contributed by atoms with Gasteiger partial charge in [-0.05, 0) is 42.1 Å². The van der Waals surface area contributed by atoms with Crippen molar-refractivity contribution < 1.29 is 0 Å². The summed E-state index contributed by atoms with van der Waals surface area (Å²) in [5.41, 5.74) is 2.78. The minimum absolute atomic E-state index is 0.536. The molecule has 1 heterocycles. The van der Waals surface area contributed by atoms with Gasteiger partial charge in [-0.1, -0.05) is 54.1 Å². The molecule has 1 nitrogen and oxygen atoms in total. The smallest absolute Gasteiger partial charge is 0.0408 e. The Kier molecular flexibility index (Phi) is 3.86. The highest BCUT2D eigenvalue weighted by Crippen LogP contribution is 2.37. The van der Waals surface area contributed by atoms with Crippen LogP contribution in [0.3, 0.4) is 0 Å². The van der Waals surface area contributed by atoms with Gasteiger partial charge < -0.3 is 5.32 Å². The number of piperidine rings is 1. The maximum Gasteiger partial charge on any atom is 0.0408 e. The van der Waals surface area contributed by atoms with Crippen LogP contribution in [0.4, 0.5) is 0 Å². The third-order valence-corrected chi connectivity index (χ3v) is 4.22. The molecular weight excluding hydrogens is 254 g/mol. The molecular formula is C17H18ClN. The second-order valence-corrected chi connectivity index (χ2v) is 5.61. The Bertz CT molecular complexity index is 538. The molecule has 1 N–H and O–H groups in total. The van der Waals surface area contributed by atoms with E-state index in [1.54, 1.807) is 0 Å². The van der Waals surface area contributed by atoms with Gasteiger partial charge in [0.15, 0.2) is 0 Å². The van der Waals surface area contributed by atoms with E-state index in [1.165, 1.54) is 17.5 Å². The minimum Gasteiger partial charge on any atom is -0.316 e. The largest absolute Gasteiger partial charge is 0.316 e. The molecule has 3 rings (SSSR count). The van der Waals surface area contributed by atoms with Crippen molar-refractivity contribution in [2.45, 2.75) is 18.3 Å². The van der Waals surface area contributed by atoms with Crippen LogP contribution < -0.4 is 5.32 Å². The Morgan fingerprint density at radius 3 is 2.47 bits per heavy atom. The van der Waals surface area contributed by atoms with Crippen molar-refractivity contribution in [2.75, 3.05) is 13.1 Å². The van der Waals surface area contributed by atoms with Crippen LogP contribution in [0.5, 0.6) is 0 Å². The molecule has 0 radical (unpaired) electrons. The zero-order valence-corrected chi connectivity index (χ0v) is 11.6. The van der Waals surface area contributed by atoms with Crippen molar-refractivity contribution in [1.29, 1.82) is 0 Å². The maximum absolute atomic E-state index is 6.14. The van der Waals surface area contributed by atoms with E-state index in [-0.39, 0.29) is 0 Å². The fraction of sp³-hybridized carbons (Fsp3) is 0.294. The second kappa shape index (κ2) is 5.77. The summed E-state index contributed by atoms with van der Waals surface area (Å²) in [6, 6.07) is 19.1. The Hall–Kier alpha value is -1.31. The second-order valence-electron chi connectivity index (χ2n) is 5.17. The van der Waals surface area contributed by atoms with Gasteiger partial charge in [-0.2, -0.15) is 0 Å². The van der Waals surface area contributed by atoms with Crippen molar-refractivity contribution in [3.05, 3.63) is 70.7 Å². The first-order valence-corrected chi connectivity index (χ1v) is 7.23. The van der Waals surface area contributed by atoms with Gasteiger partial charge in [0.25, 0.3) is 0 Å². The van der Waals surface area contributed by atoms with E-state index in [2.05, 4.69) is 53.8 Å². The maximum atomic E-state index is 6.14. The lowest BCUT2D eigenvalue weighted by Crippen LogP contribution is -2.34. The summed E-state index contributed by atoms with van der Waals surface area (Å²) in [6.07, 6.45) is 1.17. The van der Waals surface area contributed by atoms with Crippen LogP contribution in [0.2, 0.25) is 5.02 Å². The van der Waals surface area contributed by atoms with E-state index in [9.17, 15) is 0 Å². The minimum atomic E-state index is 0.536. The van der Waals surface area contributed by atoms with E-state index in [1.807, 2.05) is 6.07 Å². The molecule has 2 aromatic rings. The van der Waals surface area contributed by atoms with Crippen LogP contribution in [0.1, 0.15) is 29.4 Å². The standard InChI is InChI=1S/C17H18ClN/c18-15-8-4-7-14(11-15)16-9-10-19-12-17(16)13-5-2-1-3-6-13/h1-8,11,16-17,19H,9-10,12H2. The topological polar surface area (TPSA) is 12.0 Å². The average Bonchev–Trinajstić information content (AvgIpc) is 2.48.